The number of nitrogens with one attached hydrogen (secondary N) is 1. The third-order valence-corrected chi connectivity index (χ3v) is 4.50. The number of hydrogen-bond acceptors (Lipinski definition) is 2. The Kier molecular flexibility index (Phi) is 4.82. The lowest BCUT2D eigenvalue weighted by Gasteiger charge is -2.31. The van der Waals surface area contributed by atoms with Gasteiger partial charge in [-0.2, -0.15) is 18.3 Å². The van der Waals surface area contributed by atoms with E-state index in [-0.39, 0.29) is 31.2 Å². The molecule has 0 saturated heterocycles. The predicted octanol–water partition coefficient (Wildman–Crippen LogP) is 2.82. The molecule has 1 aliphatic carbocycles. The zero-order valence-electron chi connectivity index (χ0n) is 13.1. The average molecular weight is 317 g/mol. The molecule has 1 fully saturated rings. The van der Waals surface area contributed by atoms with Crippen molar-refractivity contribution in [3.63, 3.8) is 0 Å². The van der Waals surface area contributed by atoms with Gasteiger partial charge >= 0.3 is 6.18 Å². The van der Waals surface area contributed by atoms with Gasteiger partial charge in [-0.25, -0.2) is 0 Å². The van der Waals surface area contributed by atoms with Gasteiger partial charge < -0.3 is 5.32 Å². The number of carbonyl (C=O) groups is 1. The molecule has 0 aromatic carbocycles. The van der Waals surface area contributed by atoms with Crippen molar-refractivity contribution in [1.29, 1.82) is 0 Å². The molecule has 1 amide bonds. The summed E-state index contributed by atoms with van der Waals surface area (Å²) in [6, 6.07) is -0.384. The number of carbonyl (C=O) groups excluding carboxylic acids is 1. The Hall–Kier alpha value is -1.53. The Balaban J connectivity index is 1.94. The molecule has 1 heterocycles. The minimum absolute atomic E-state index is 0.0136. The van der Waals surface area contributed by atoms with E-state index in [9.17, 15) is 18.0 Å². The van der Waals surface area contributed by atoms with Crippen LogP contribution in [0.25, 0.3) is 0 Å². The first-order valence-electron chi connectivity index (χ1n) is 7.53. The number of halogens is 3. The monoisotopic (exact) mass is 317 g/mol. The molecule has 0 bridgehead atoms. The molecule has 1 aromatic heterocycles. The topological polar surface area (TPSA) is 46.9 Å². The van der Waals surface area contributed by atoms with Crippen LogP contribution >= 0.6 is 0 Å². The number of alkyl halides is 3. The fourth-order valence-corrected chi connectivity index (χ4v) is 3.13. The second kappa shape index (κ2) is 6.30. The SMILES string of the molecule is Cc1nn(C)c(C)c1CC(=O)N[C@@H]1CCC[C@H](C(F)(F)F)C1. The molecule has 0 unspecified atom stereocenters. The first-order chi connectivity index (χ1) is 10.2. The molecule has 2 rings (SSSR count). The van der Waals surface area contributed by atoms with E-state index in [1.165, 1.54) is 0 Å². The Labute approximate surface area is 128 Å². The first kappa shape index (κ1) is 16.8. The van der Waals surface area contributed by atoms with Crippen LogP contribution in [-0.2, 0) is 18.3 Å². The summed E-state index contributed by atoms with van der Waals surface area (Å²) in [6.45, 7) is 3.71. The number of nitrogens with zero attached hydrogens (tertiary/aromatic N) is 2. The van der Waals surface area contributed by atoms with E-state index < -0.39 is 12.1 Å². The van der Waals surface area contributed by atoms with Crippen molar-refractivity contribution < 1.29 is 18.0 Å². The Morgan fingerprint density at radius 1 is 1.36 bits per heavy atom. The Morgan fingerprint density at radius 2 is 2.05 bits per heavy atom. The van der Waals surface area contributed by atoms with Crippen LogP contribution in [0.3, 0.4) is 0 Å². The molecule has 1 saturated carbocycles. The van der Waals surface area contributed by atoms with E-state index in [0.717, 1.165) is 17.0 Å². The van der Waals surface area contributed by atoms with Crippen molar-refractivity contribution >= 4 is 5.91 Å². The maximum absolute atomic E-state index is 12.8. The van der Waals surface area contributed by atoms with Crippen molar-refractivity contribution in [2.45, 2.75) is 58.2 Å². The lowest BCUT2D eigenvalue weighted by molar-refractivity contribution is -0.184. The highest BCUT2D eigenvalue weighted by Gasteiger charge is 2.42. The van der Waals surface area contributed by atoms with Crippen molar-refractivity contribution in [3.05, 3.63) is 17.0 Å². The summed E-state index contributed by atoms with van der Waals surface area (Å²) in [6.07, 6.45) is -2.74. The zero-order chi connectivity index (χ0) is 16.5. The minimum Gasteiger partial charge on any atom is -0.353 e. The van der Waals surface area contributed by atoms with Gasteiger partial charge in [-0.15, -0.1) is 0 Å². The molecule has 2 atom stereocenters. The molecule has 1 aromatic rings. The van der Waals surface area contributed by atoms with Crippen LogP contribution in [0, 0.1) is 19.8 Å². The van der Waals surface area contributed by atoms with E-state index >= 15 is 0 Å². The molecule has 0 spiro atoms. The van der Waals surface area contributed by atoms with E-state index in [0.29, 0.717) is 12.8 Å². The molecule has 0 aliphatic heterocycles. The van der Waals surface area contributed by atoms with E-state index in [4.69, 9.17) is 0 Å². The average Bonchev–Trinajstić information content (AvgIpc) is 2.65. The molecule has 4 nitrogen and oxygen atoms in total. The summed E-state index contributed by atoms with van der Waals surface area (Å²) in [7, 11) is 1.80. The van der Waals surface area contributed by atoms with E-state index in [2.05, 4.69) is 10.4 Å². The fourth-order valence-electron chi connectivity index (χ4n) is 3.13. The van der Waals surface area contributed by atoms with Crippen molar-refractivity contribution in [2.75, 3.05) is 0 Å². The summed E-state index contributed by atoms with van der Waals surface area (Å²) in [5.74, 6) is -1.53. The summed E-state index contributed by atoms with van der Waals surface area (Å²) in [5.41, 5.74) is 2.54. The Bertz CT molecular complexity index is 551. The second-order valence-electron chi connectivity index (χ2n) is 6.12. The number of aryl methyl sites for hydroxylation is 2. The van der Waals surface area contributed by atoms with Crippen LogP contribution in [0.5, 0.6) is 0 Å². The molecule has 124 valence electrons. The molecular formula is C15H22F3N3O. The minimum atomic E-state index is -4.17. The fraction of sp³-hybridized carbons (Fsp3) is 0.733. The number of aromatic nitrogens is 2. The van der Waals surface area contributed by atoms with Crippen LogP contribution in [0.15, 0.2) is 0 Å². The summed E-state index contributed by atoms with van der Waals surface area (Å²) >= 11 is 0. The smallest absolute Gasteiger partial charge is 0.353 e. The van der Waals surface area contributed by atoms with Gasteiger partial charge in [0.15, 0.2) is 0 Å². The third-order valence-electron chi connectivity index (χ3n) is 4.50. The number of rotatable bonds is 3. The standard InChI is InChI=1S/C15H22F3N3O/c1-9-13(10(2)21(3)20-9)8-14(22)19-12-6-4-5-11(7-12)15(16,17)18/h11-12H,4-8H2,1-3H3,(H,19,22)/t11-,12+/m0/s1. The zero-order valence-corrected chi connectivity index (χ0v) is 13.1. The lowest BCUT2D eigenvalue weighted by atomic mass is 9.85. The molecular weight excluding hydrogens is 295 g/mol. The summed E-state index contributed by atoms with van der Waals surface area (Å²) < 4.78 is 40.1. The van der Waals surface area contributed by atoms with Crippen molar-refractivity contribution in [1.82, 2.24) is 15.1 Å². The van der Waals surface area contributed by atoms with Gasteiger partial charge in [-0.1, -0.05) is 6.42 Å². The third kappa shape index (κ3) is 3.81. The van der Waals surface area contributed by atoms with Gasteiger partial charge in [0.05, 0.1) is 18.0 Å². The molecule has 22 heavy (non-hydrogen) atoms. The molecule has 1 N–H and O–H groups in total. The largest absolute Gasteiger partial charge is 0.391 e. The van der Waals surface area contributed by atoms with Crippen LogP contribution in [-0.4, -0.2) is 27.9 Å². The maximum atomic E-state index is 12.8. The summed E-state index contributed by atoms with van der Waals surface area (Å²) in [4.78, 5) is 12.1. The number of amides is 1. The van der Waals surface area contributed by atoms with Gasteiger partial charge in [0.2, 0.25) is 5.91 Å². The second-order valence-corrected chi connectivity index (χ2v) is 6.12. The van der Waals surface area contributed by atoms with Gasteiger partial charge in [0, 0.05) is 24.3 Å². The number of hydrogen-bond donors (Lipinski definition) is 1. The van der Waals surface area contributed by atoms with Crippen molar-refractivity contribution in [3.8, 4) is 0 Å². The van der Waals surface area contributed by atoms with Crippen molar-refractivity contribution in [2.24, 2.45) is 13.0 Å². The molecule has 1 aliphatic rings. The quantitative estimate of drug-likeness (QED) is 0.932. The van der Waals surface area contributed by atoms with Gasteiger partial charge in [0.1, 0.15) is 0 Å². The Morgan fingerprint density at radius 3 is 2.59 bits per heavy atom. The first-order valence-corrected chi connectivity index (χ1v) is 7.53. The van der Waals surface area contributed by atoms with Crippen LogP contribution < -0.4 is 5.32 Å². The van der Waals surface area contributed by atoms with Gasteiger partial charge in [-0.05, 0) is 33.1 Å². The van der Waals surface area contributed by atoms with Crippen LogP contribution in [0.4, 0.5) is 13.2 Å². The van der Waals surface area contributed by atoms with E-state index in [1.54, 1.807) is 11.7 Å². The van der Waals surface area contributed by atoms with Gasteiger partial charge in [-0.3, -0.25) is 9.48 Å². The van der Waals surface area contributed by atoms with E-state index in [1.807, 2.05) is 13.8 Å². The predicted molar refractivity (Wildman–Crippen MR) is 76.3 cm³/mol. The lowest BCUT2D eigenvalue weighted by Crippen LogP contribution is -2.42. The molecule has 7 heteroatoms. The van der Waals surface area contributed by atoms with Crippen LogP contribution in [0.2, 0.25) is 0 Å². The maximum Gasteiger partial charge on any atom is 0.391 e. The highest BCUT2D eigenvalue weighted by molar-refractivity contribution is 5.79. The highest BCUT2D eigenvalue weighted by atomic mass is 19.4. The van der Waals surface area contributed by atoms with Crippen LogP contribution in [0.1, 0.15) is 42.6 Å². The molecule has 0 radical (unpaired) electrons. The summed E-state index contributed by atoms with van der Waals surface area (Å²) in [5, 5.41) is 7.00. The van der Waals surface area contributed by atoms with Gasteiger partial charge in [0.25, 0.3) is 0 Å². The normalized spacial score (nSPS) is 22.6. The highest BCUT2D eigenvalue weighted by Crippen LogP contribution is 2.37.